The molecule has 2 rings (SSSR count). The van der Waals surface area contributed by atoms with Crippen LogP contribution in [0.25, 0.3) is 11.3 Å². The van der Waals surface area contributed by atoms with Crippen LogP contribution < -0.4 is 5.32 Å². The molecule has 146 valence electrons. The lowest BCUT2D eigenvalue weighted by molar-refractivity contribution is -0.139. The molecular weight excluding hydrogens is 390 g/mol. The van der Waals surface area contributed by atoms with Crippen LogP contribution in [0, 0.1) is 6.92 Å². The van der Waals surface area contributed by atoms with E-state index in [9.17, 15) is 14.4 Å². The fraction of sp³-hybridized carbons (Fsp3) is 0.389. The lowest BCUT2D eigenvalue weighted by atomic mass is 10.1. The molecule has 0 aliphatic rings. The number of hydrogen-bond donors (Lipinski definition) is 1. The number of hydrogen-bond acceptors (Lipinski definition) is 8. The minimum atomic E-state index is -0.530. The normalized spacial score (nSPS) is 10.5. The second-order valence-corrected chi connectivity index (χ2v) is 7.20. The number of anilines is 1. The molecule has 0 unspecified atom stereocenters. The van der Waals surface area contributed by atoms with Gasteiger partial charge in [-0.2, -0.15) is 0 Å². The maximum atomic E-state index is 12.4. The molecule has 2 aromatic heterocycles. The minimum Gasteiger partial charge on any atom is -0.465 e. The van der Waals surface area contributed by atoms with Crippen LogP contribution in [-0.2, 0) is 19.1 Å². The quantitative estimate of drug-likeness (QED) is 0.628. The van der Waals surface area contributed by atoms with Gasteiger partial charge >= 0.3 is 11.9 Å². The van der Waals surface area contributed by atoms with Crippen LogP contribution in [0.4, 0.5) is 5.00 Å². The smallest absolute Gasteiger partial charge is 0.341 e. The van der Waals surface area contributed by atoms with Crippen LogP contribution in [0.15, 0.2) is 21.9 Å². The van der Waals surface area contributed by atoms with E-state index < -0.39 is 5.97 Å². The van der Waals surface area contributed by atoms with Crippen LogP contribution >= 0.6 is 23.1 Å². The van der Waals surface area contributed by atoms with E-state index in [1.807, 2.05) is 6.92 Å². The summed E-state index contributed by atoms with van der Waals surface area (Å²) in [5.41, 5.74) is 0.834. The molecular formula is C18H21NO6S2. The minimum absolute atomic E-state index is 0.0637. The summed E-state index contributed by atoms with van der Waals surface area (Å²) in [4.78, 5) is 35.9. The topological polar surface area (TPSA) is 94.8 Å². The maximum absolute atomic E-state index is 12.4. The van der Waals surface area contributed by atoms with Crippen LogP contribution in [0.3, 0.4) is 0 Å². The summed E-state index contributed by atoms with van der Waals surface area (Å²) in [6.07, 6.45) is 0. The first-order chi connectivity index (χ1) is 13.0. The van der Waals surface area contributed by atoms with Crippen LogP contribution in [0.2, 0.25) is 0 Å². The Hall–Kier alpha value is -2.26. The van der Waals surface area contributed by atoms with Crippen LogP contribution in [-0.4, -0.2) is 42.6 Å². The fourth-order valence-corrected chi connectivity index (χ4v) is 3.77. The molecule has 0 spiro atoms. The Balaban J connectivity index is 2.11. The van der Waals surface area contributed by atoms with Gasteiger partial charge in [-0.1, -0.05) is 0 Å². The number of ether oxygens (including phenoxy) is 2. The molecule has 0 atom stereocenters. The number of carbonyl (C=O) groups excluding carboxylic acids is 3. The van der Waals surface area contributed by atoms with E-state index in [0.29, 0.717) is 28.7 Å². The second-order valence-electron chi connectivity index (χ2n) is 5.33. The van der Waals surface area contributed by atoms with E-state index in [-0.39, 0.29) is 35.6 Å². The van der Waals surface area contributed by atoms with E-state index in [2.05, 4.69) is 5.32 Å². The molecule has 0 bridgehead atoms. The summed E-state index contributed by atoms with van der Waals surface area (Å²) in [5.74, 6) is 0.183. The van der Waals surface area contributed by atoms with Crippen molar-refractivity contribution in [2.45, 2.75) is 20.8 Å². The zero-order chi connectivity index (χ0) is 19.8. The number of thiophene rings is 1. The average molecular weight is 412 g/mol. The van der Waals surface area contributed by atoms with Gasteiger partial charge in [0.2, 0.25) is 5.91 Å². The van der Waals surface area contributed by atoms with Crippen molar-refractivity contribution in [3.63, 3.8) is 0 Å². The molecule has 0 saturated heterocycles. The highest BCUT2D eigenvalue weighted by Gasteiger charge is 2.24. The molecule has 1 N–H and O–H groups in total. The Morgan fingerprint density at radius 2 is 1.89 bits per heavy atom. The first-order valence-corrected chi connectivity index (χ1v) is 10.4. The number of esters is 2. The molecule has 0 radical (unpaired) electrons. The highest BCUT2D eigenvalue weighted by Crippen LogP contribution is 2.37. The maximum Gasteiger partial charge on any atom is 0.341 e. The van der Waals surface area contributed by atoms with Crippen molar-refractivity contribution in [2.24, 2.45) is 0 Å². The van der Waals surface area contributed by atoms with Crippen molar-refractivity contribution < 1.29 is 28.3 Å². The number of rotatable bonds is 9. The number of carbonyl (C=O) groups is 3. The number of amides is 1. The van der Waals surface area contributed by atoms with Crippen molar-refractivity contribution in [3.05, 3.63) is 28.8 Å². The van der Waals surface area contributed by atoms with Gasteiger partial charge in [-0.3, -0.25) is 9.59 Å². The lowest BCUT2D eigenvalue weighted by Gasteiger charge is -2.08. The van der Waals surface area contributed by atoms with Gasteiger partial charge < -0.3 is 19.2 Å². The molecule has 2 heterocycles. The van der Waals surface area contributed by atoms with Crippen LogP contribution in [0.1, 0.15) is 30.0 Å². The number of thioether (sulfide) groups is 1. The van der Waals surface area contributed by atoms with E-state index in [1.165, 1.54) is 11.3 Å². The summed E-state index contributed by atoms with van der Waals surface area (Å²) in [7, 11) is 0. The molecule has 0 saturated carbocycles. The molecule has 9 heteroatoms. The van der Waals surface area contributed by atoms with Crippen molar-refractivity contribution in [2.75, 3.05) is 30.0 Å². The summed E-state index contributed by atoms with van der Waals surface area (Å²) in [6.45, 7) is 5.77. The zero-order valence-corrected chi connectivity index (χ0v) is 17.0. The van der Waals surface area contributed by atoms with E-state index in [1.54, 1.807) is 31.4 Å². The van der Waals surface area contributed by atoms with Crippen LogP contribution in [0.5, 0.6) is 0 Å². The first kappa shape index (κ1) is 21.0. The van der Waals surface area contributed by atoms with E-state index in [0.717, 1.165) is 11.8 Å². The van der Waals surface area contributed by atoms with E-state index in [4.69, 9.17) is 13.9 Å². The summed E-state index contributed by atoms with van der Waals surface area (Å²) < 4.78 is 15.5. The lowest BCUT2D eigenvalue weighted by Crippen LogP contribution is -2.17. The summed E-state index contributed by atoms with van der Waals surface area (Å²) >= 11 is 2.36. The molecule has 2 aromatic rings. The second kappa shape index (κ2) is 10.2. The Bertz CT molecular complexity index is 811. The van der Waals surface area contributed by atoms with Gasteiger partial charge in [-0.05, 0) is 32.9 Å². The zero-order valence-electron chi connectivity index (χ0n) is 15.3. The van der Waals surface area contributed by atoms with Gasteiger partial charge in [0.25, 0.3) is 0 Å². The molecule has 0 fully saturated rings. The largest absolute Gasteiger partial charge is 0.465 e. The van der Waals surface area contributed by atoms with E-state index >= 15 is 0 Å². The SMILES string of the molecule is CCOC(=O)CSCC(=O)Nc1scc(-c2ccc(C)o2)c1C(=O)OCC. The summed E-state index contributed by atoms with van der Waals surface area (Å²) in [5, 5.41) is 4.85. The number of nitrogens with one attached hydrogen (secondary N) is 1. The van der Waals surface area contributed by atoms with Gasteiger partial charge in [0.15, 0.2) is 0 Å². The molecule has 0 aliphatic heterocycles. The molecule has 1 amide bonds. The Morgan fingerprint density at radius 3 is 2.52 bits per heavy atom. The standard InChI is InChI=1S/C18H21NO6S2/c1-4-23-15(21)10-26-9-14(20)19-17-16(18(22)24-5-2)12(8-27-17)13-7-6-11(3)25-13/h6-8H,4-5,9-10H2,1-3H3,(H,19,20). The van der Waals surface area contributed by atoms with Crippen molar-refractivity contribution in [1.29, 1.82) is 0 Å². The van der Waals surface area contributed by atoms with Crippen molar-refractivity contribution >= 4 is 45.9 Å². The third-order valence-corrected chi connectivity index (χ3v) is 5.09. The Morgan fingerprint density at radius 1 is 1.15 bits per heavy atom. The molecule has 7 nitrogen and oxygen atoms in total. The molecule has 0 aromatic carbocycles. The monoisotopic (exact) mass is 411 g/mol. The highest BCUT2D eigenvalue weighted by molar-refractivity contribution is 8.00. The van der Waals surface area contributed by atoms with Gasteiger partial charge in [-0.15, -0.1) is 23.1 Å². The Labute approximate surface area is 165 Å². The number of furan rings is 1. The average Bonchev–Trinajstić information content (AvgIpc) is 3.21. The van der Waals surface area contributed by atoms with Crippen molar-refractivity contribution in [1.82, 2.24) is 0 Å². The fourth-order valence-electron chi connectivity index (χ4n) is 2.21. The molecule has 0 aliphatic carbocycles. The van der Waals surface area contributed by atoms with Gasteiger partial charge in [0, 0.05) is 10.9 Å². The van der Waals surface area contributed by atoms with Gasteiger partial charge in [-0.25, -0.2) is 4.79 Å². The van der Waals surface area contributed by atoms with Gasteiger partial charge in [0.05, 0.1) is 24.7 Å². The van der Waals surface area contributed by atoms with Crippen molar-refractivity contribution in [3.8, 4) is 11.3 Å². The highest BCUT2D eigenvalue weighted by atomic mass is 32.2. The number of aryl methyl sites for hydroxylation is 1. The predicted molar refractivity (Wildman–Crippen MR) is 105 cm³/mol. The first-order valence-electron chi connectivity index (χ1n) is 8.34. The summed E-state index contributed by atoms with van der Waals surface area (Å²) in [6, 6.07) is 3.56. The third kappa shape index (κ3) is 5.86. The Kier molecular flexibility index (Phi) is 7.93. The third-order valence-electron chi connectivity index (χ3n) is 3.29. The predicted octanol–water partition coefficient (Wildman–Crippen LogP) is 3.73. The molecule has 27 heavy (non-hydrogen) atoms. The van der Waals surface area contributed by atoms with Gasteiger partial charge in [0.1, 0.15) is 22.1 Å².